The minimum Gasteiger partial charge on any atom is -0.495 e. The summed E-state index contributed by atoms with van der Waals surface area (Å²) in [6, 6.07) is 18.8. The van der Waals surface area contributed by atoms with Crippen LogP contribution in [0, 0.1) is 0 Å². The summed E-state index contributed by atoms with van der Waals surface area (Å²) in [6.45, 7) is 0.152. The summed E-state index contributed by atoms with van der Waals surface area (Å²) < 4.78 is 15.8. The van der Waals surface area contributed by atoms with E-state index in [0.29, 0.717) is 39.8 Å². The highest BCUT2D eigenvalue weighted by Gasteiger charge is 2.16. The number of carbonyl (C=O) groups is 2. The van der Waals surface area contributed by atoms with E-state index in [-0.39, 0.29) is 18.6 Å². The Morgan fingerprint density at radius 2 is 1.52 bits per heavy atom. The normalized spacial score (nSPS) is 11.6. The van der Waals surface area contributed by atoms with Crippen molar-refractivity contribution in [1.29, 1.82) is 0 Å². The zero-order chi connectivity index (χ0) is 20.2. The molecule has 0 unspecified atom stereocenters. The first-order valence-electron chi connectivity index (χ1n) is 8.89. The summed E-state index contributed by atoms with van der Waals surface area (Å²) in [5.41, 5.74) is 2.06. The van der Waals surface area contributed by atoms with Crippen molar-refractivity contribution < 1.29 is 23.8 Å². The van der Waals surface area contributed by atoms with Gasteiger partial charge in [0.05, 0.1) is 12.8 Å². The van der Waals surface area contributed by atoms with Gasteiger partial charge >= 0.3 is 0 Å². The van der Waals surface area contributed by atoms with Gasteiger partial charge in [0.25, 0.3) is 11.8 Å². The summed E-state index contributed by atoms with van der Waals surface area (Å²) >= 11 is 0. The first kappa shape index (κ1) is 18.4. The molecule has 0 saturated carbocycles. The summed E-state index contributed by atoms with van der Waals surface area (Å²) in [5.74, 6) is 1.18. The standard InChI is InChI=1S/C22H18N2O5/c1-27-18-5-3-2-4-17(18)24-21(25)14-6-9-16(10-7-14)23-22(26)15-8-11-19-20(12-15)29-13-28-19/h2-12H,13H2,1H3,(H,23,26)(H,24,25). The predicted octanol–water partition coefficient (Wildman–Crippen LogP) is 3.93. The van der Waals surface area contributed by atoms with Crippen LogP contribution >= 0.6 is 0 Å². The van der Waals surface area contributed by atoms with Gasteiger partial charge in [-0.25, -0.2) is 0 Å². The van der Waals surface area contributed by atoms with Crippen LogP contribution in [0.1, 0.15) is 20.7 Å². The van der Waals surface area contributed by atoms with Crippen LogP contribution in [0.4, 0.5) is 11.4 Å². The van der Waals surface area contributed by atoms with Crippen molar-refractivity contribution in [3.8, 4) is 17.2 Å². The molecule has 3 aromatic carbocycles. The fourth-order valence-corrected chi connectivity index (χ4v) is 2.89. The van der Waals surface area contributed by atoms with E-state index in [2.05, 4.69) is 10.6 Å². The van der Waals surface area contributed by atoms with Gasteiger partial charge in [0.15, 0.2) is 11.5 Å². The number of hydrogen-bond acceptors (Lipinski definition) is 5. The Bertz CT molecular complexity index is 1060. The molecular weight excluding hydrogens is 372 g/mol. The Morgan fingerprint density at radius 1 is 0.828 bits per heavy atom. The molecule has 146 valence electrons. The number of hydrogen-bond donors (Lipinski definition) is 2. The molecule has 3 aromatic rings. The number of methoxy groups -OCH3 is 1. The Balaban J connectivity index is 1.42. The molecule has 7 heteroatoms. The van der Waals surface area contributed by atoms with E-state index in [4.69, 9.17) is 14.2 Å². The average Bonchev–Trinajstić information content (AvgIpc) is 3.22. The number of ether oxygens (including phenoxy) is 3. The highest BCUT2D eigenvalue weighted by molar-refractivity contribution is 6.07. The van der Waals surface area contributed by atoms with Crippen molar-refractivity contribution in [3.05, 3.63) is 77.9 Å². The van der Waals surface area contributed by atoms with Crippen LogP contribution in [0.3, 0.4) is 0 Å². The van der Waals surface area contributed by atoms with Gasteiger partial charge < -0.3 is 24.8 Å². The molecule has 0 aliphatic carbocycles. The third-order valence-electron chi connectivity index (χ3n) is 4.39. The van der Waals surface area contributed by atoms with E-state index in [9.17, 15) is 9.59 Å². The minimum absolute atomic E-state index is 0.152. The fraction of sp³-hybridized carbons (Fsp3) is 0.0909. The number of benzene rings is 3. The smallest absolute Gasteiger partial charge is 0.255 e. The maximum atomic E-state index is 12.5. The van der Waals surface area contributed by atoms with Gasteiger partial charge in [-0.3, -0.25) is 9.59 Å². The summed E-state index contributed by atoms with van der Waals surface area (Å²) in [5, 5.41) is 5.61. The van der Waals surface area contributed by atoms with Crippen LogP contribution in [0.5, 0.6) is 17.2 Å². The van der Waals surface area contributed by atoms with E-state index in [1.807, 2.05) is 12.1 Å². The van der Waals surface area contributed by atoms with Crippen molar-refractivity contribution in [1.82, 2.24) is 0 Å². The average molecular weight is 390 g/mol. The zero-order valence-electron chi connectivity index (χ0n) is 15.6. The first-order chi connectivity index (χ1) is 14.1. The van der Waals surface area contributed by atoms with Crippen molar-refractivity contribution in [2.45, 2.75) is 0 Å². The molecule has 7 nitrogen and oxygen atoms in total. The Kier molecular flexibility index (Phi) is 5.03. The van der Waals surface area contributed by atoms with Crippen LogP contribution < -0.4 is 24.8 Å². The number of para-hydroxylation sites is 2. The fourth-order valence-electron chi connectivity index (χ4n) is 2.89. The summed E-state index contributed by atoms with van der Waals surface area (Å²) in [7, 11) is 1.54. The topological polar surface area (TPSA) is 85.9 Å². The lowest BCUT2D eigenvalue weighted by molar-refractivity contribution is 0.101. The maximum Gasteiger partial charge on any atom is 0.255 e. The molecule has 1 aliphatic heterocycles. The third-order valence-corrected chi connectivity index (χ3v) is 4.39. The van der Waals surface area contributed by atoms with Crippen molar-refractivity contribution in [2.24, 2.45) is 0 Å². The zero-order valence-corrected chi connectivity index (χ0v) is 15.6. The second-order valence-corrected chi connectivity index (χ2v) is 6.25. The van der Waals surface area contributed by atoms with Gasteiger partial charge in [-0.1, -0.05) is 12.1 Å². The number of amides is 2. The molecule has 4 rings (SSSR count). The number of anilines is 2. The molecule has 0 aromatic heterocycles. The number of fused-ring (bicyclic) bond motifs is 1. The van der Waals surface area contributed by atoms with Gasteiger partial charge in [-0.2, -0.15) is 0 Å². The second-order valence-electron chi connectivity index (χ2n) is 6.25. The lowest BCUT2D eigenvalue weighted by Crippen LogP contribution is -2.14. The van der Waals surface area contributed by atoms with Gasteiger partial charge in [0, 0.05) is 16.8 Å². The molecular formula is C22H18N2O5. The molecule has 2 N–H and O–H groups in total. The van der Waals surface area contributed by atoms with Crippen LogP contribution in [0.25, 0.3) is 0 Å². The van der Waals surface area contributed by atoms with E-state index >= 15 is 0 Å². The van der Waals surface area contributed by atoms with Crippen LogP contribution in [-0.2, 0) is 0 Å². The van der Waals surface area contributed by atoms with Gasteiger partial charge in [-0.05, 0) is 54.6 Å². The molecule has 29 heavy (non-hydrogen) atoms. The van der Waals surface area contributed by atoms with Crippen LogP contribution in [-0.4, -0.2) is 25.7 Å². The van der Waals surface area contributed by atoms with E-state index in [1.54, 1.807) is 61.7 Å². The Morgan fingerprint density at radius 3 is 2.31 bits per heavy atom. The highest BCUT2D eigenvalue weighted by atomic mass is 16.7. The molecule has 0 saturated heterocycles. The van der Waals surface area contributed by atoms with Crippen LogP contribution in [0.2, 0.25) is 0 Å². The molecule has 1 aliphatic rings. The Labute approximate surface area is 167 Å². The van der Waals surface area contributed by atoms with Crippen molar-refractivity contribution in [3.63, 3.8) is 0 Å². The number of carbonyl (C=O) groups excluding carboxylic acids is 2. The second kappa shape index (κ2) is 7.93. The Hall–Kier alpha value is -4.00. The summed E-state index contributed by atoms with van der Waals surface area (Å²) in [6.07, 6.45) is 0. The van der Waals surface area contributed by atoms with Gasteiger partial charge in [0.1, 0.15) is 5.75 Å². The van der Waals surface area contributed by atoms with E-state index in [1.165, 1.54) is 0 Å². The number of nitrogens with one attached hydrogen (secondary N) is 2. The van der Waals surface area contributed by atoms with Crippen molar-refractivity contribution in [2.75, 3.05) is 24.5 Å². The molecule has 0 radical (unpaired) electrons. The monoisotopic (exact) mass is 390 g/mol. The molecule has 0 fully saturated rings. The quantitative estimate of drug-likeness (QED) is 0.689. The largest absolute Gasteiger partial charge is 0.495 e. The lowest BCUT2D eigenvalue weighted by atomic mass is 10.1. The van der Waals surface area contributed by atoms with E-state index in [0.717, 1.165) is 0 Å². The SMILES string of the molecule is COc1ccccc1NC(=O)c1ccc(NC(=O)c2ccc3c(c2)OCO3)cc1. The summed E-state index contributed by atoms with van der Waals surface area (Å²) in [4.78, 5) is 24.9. The van der Waals surface area contributed by atoms with Crippen molar-refractivity contribution >= 4 is 23.2 Å². The number of rotatable bonds is 5. The maximum absolute atomic E-state index is 12.5. The molecule has 0 bridgehead atoms. The molecule has 0 atom stereocenters. The highest BCUT2D eigenvalue weighted by Crippen LogP contribution is 2.32. The van der Waals surface area contributed by atoms with Gasteiger partial charge in [0.2, 0.25) is 6.79 Å². The minimum atomic E-state index is -0.283. The molecule has 2 amide bonds. The molecule has 0 spiro atoms. The predicted molar refractivity (Wildman–Crippen MR) is 108 cm³/mol. The van der Waals surface area contributed by atoms with Gasteiger partial charge in [-0.15, -0.1) is 0 Å². The first-order valence-corrected chi connectivity index (χ1v) is 8.89. The molecule has 1 heterocycles. The van der Waals surface area contributed by atoms with E-state index < -0.39 is 0 Å². The third kappa shape index (κ3) is 3.98. The lowest BCUT2D eigenvalue weighted by Gasteiger charge is -2.10. The van der Waals surface area contributed by atoms with Crippen LogP contribution in [0.15, 0.2) is 66.7 Å².